The third-order valence-electron chi connectivity index (χ3n) is 3.80. The number of benzene rings is 1. The largest absolute Gasteiger partial charge is 0.367 e. The number of amides is 1. The van der Waals surface area contributed by atoms with Gasteiger partial charge in [-0.25, -0.2) is 4.98 Å². The molecule has 3 rings (SSSR count). The molecule has 1 aliphatic rings. The van der Waals surface area contributed by atoms with Gasteiger partial charge in [0.05, 0.1) is 0 Å². The van der Waals surface area contributed by atoms with E-state index in [4.69, 9.17) is 0 Å². The van der Waals surface area contributed by atoms with Crippen molar-refractivity contribution in [1.82, 2.24) is 9.97 Å². The number of nitrogens with one attached hydrogen (secondary N) is 3. The highest BCUT2D eigenvalue weighted by atomic mass is 16.1. The van der Waals surface area contributed by atoms with Crippen LogP contribution in [0, 0.1) is 0 Å². The van der Waals surface area contributed by atoms with Crippen molar-refractivity contribution in [2.45, 2.75) is 38.6 Å². The minimum Gasteiger partial charge on any atom is -0.367 e. The molecule has 0 atom stereocenters. The van der Waals surface area contributed by atoms with Gasteiger partial charge in [0.2, 0.25) is 11.9 Å². The molecule has 1 saturated carbocycles. The Hall–Kier alpha value is -2.63. The highest BCUT2D eigenvalue weighted by Crippen LogP contribution is 2.22. The number of carbonyl (C=O) groups is 1. The fourth-order valence-electron chi connectivity index (χ4n) is 2.79. The van der Waals surface area contributed by atoms with Crippen molar-refractivity contribution in [1.29, 1.82) is 0 Å². The van der Waals surface area contributed by atoms with Crippen LogP contribution in [-0.4, -0.2) is 21.9 Å². The van der Waals surface area contributed by atoms with Crippen LogP contribution in [0.2, 0.25) is 0 Å². The molecule has 0 saturated heterocycles. The van der Waals surface area contributed by atoms with Gasteiger partial charge in [0.1, 0.15) is 5.82 Å². The Morgan fingerprint density at radius 3 is 2.74 bits per heavy atom. The number of rotatable bonds is 5. The molecule has 0 radical (unpaired) electrons. The minimum atomic E-state index is -0.0961. The second-order valence-electron chi connectivity index (χ2n) is 5.78. The molecule has 1 fully saturated rings. The van der Waals surface area contributed by atoms with Gasteiger partial charge in [-0.05, 0) is 37.1 Å². The van der Waals surface area contributed by atoms with E-state index in [0.717, 1.165) is 17.2 Å². The number of carbonyl (C=O) groups excluding carboxylic acids is 1. The molecule has 3 N–H and O–H groups in total. The lowest BCUT2D eigenvalue weighted by Crippen LogP contribution is -2.15. The molecule has 120 valence electrons. The molecule has 1 heterocycles. The summed E-state index contributed by atoms with van der Waals surface area (Å²) in [5, 5.41) is 9.38. The first-order valence-corrected chi connectivity index (χ1v) is 7.93. The van der Waals surface area contributed by atoms with E-state index in [1.54, 1.807) is 6.20 Å². The molecule has 1 aromatic carbocycles. The van der Waals surface area contributed by atoms with Crippen molar-refractivity contribution in [3.8, 4) is 0 Å². The Bertz CT molecular complexity index is 682. The summed E-state index contributed by atoms with van der Waals surface area (Å²) in [7, 11) is 0. The van der Waals surface area contributed by atoms with Crippen LogP contribution in [0.15, 0.2) is 36.5 Å². The predicted octanol–water partition coefficient (Wildman–Crippen LogP) is 3.53. The maximum atomic E-state index is 11.1. The molecule has 23 heavy (non-hydrogen) atoms. The van der Waals surface area contributed by atoms with Gasteiger partial charge in [-0.15, -0.1) is 0 Å². The molecule has 0 spiro atoms. The maximum absolute atomic E-state index is 11.1. The van der Waals surface area contributed by atoms with E-state index in [0.29, 0.717) is 12.0 Å². The van der Waals surface area contributed by atoms with Crippen molar-refractivity contribution >= 4 is 29.0 Å². The van der Waals surface area contributed by atoms with Crippen molar-refractivity contribution < 1.29 is 4.79 Å². The quantitative estimate of drug-likeness (QED) is 0.787. The number of hydrogen-bond donors (Lipinski definition) is 3. The van der Waals surface area contributed by atoms with Gasteiger partial charge in [-0.3, -0.25) is 4.79 Å². The molecule has 6 heteroatoms. The lowest BCUT2D eigenvalue weighted by Gasteiger charge is -2.13. The summed E-state index contributed by atoms with van der Waals surface area (Å²) >= 11 is 0. The summed E-state index contributed by atoms with van der Waals surface area (Å²) < 4.78 is 0. The van der Waals surface area contributed by atoms with Crippen molar-refractivity contribution in [2.75, 3.05) is 16.0 Å². The van der Waals surface area contributed by atoms with Crippen LogP contribution in [0.5, 0.6) is 0 Å². The van der Waals surface area contributed by atoms with Crippen LogP contribution in [0.4, 0.5) is 23.1 Å². The Kier molecular flexibility index (Phi) is 4.71. The molecule has 0 aliphatic heterocycles. The Balaban J connectivity index is 1.68. The fraction of sp³-hybridized carbons (Fsp3) is 0.353. The van der Waals surface area contributed by atoms with Gasteiger partial charge in [0.15, 0.2) is 0 Å². The zero-order valence-electron chi connectivity index (χ0n) is 13.2. The van der Waals surface area contributed by atoms with Gasteiger partial charge >= 0.3 is 0 Å². The fourth-order valence-corrected chi connectivity index (χ4v) is 2.79. The van der Waals surface area contributed by atoms with Gasteiger partial charge in [-0.1, -0.05) is 18.9 Å². The normalized spacial score (nSPS) is 14.5. The molecule has 0 unspecified atom stereocenters. The number of hydrogen-bond acceptors (Lipinski definition) is 5. The van der Waals surface area contributed by atoms with Crippen LogP contribution in [-0.2, 0) is 4.79 Å². The molecule has 0 bridgehead atoms. The van der Waals surface area contributed by atoms with E-state index in [9.17, 15) is 4.79 Å². The summed E-state index contributed by atoms with van der Waals surface area (Å²) in [6, 6.07) is 9.87. The van der Waals surface area contributed by atoms with Gasteiger partial charge < -0.3 is 16.0 Å². The van der Waals surface area contributed by atoms with E-state index in [1.807, 2.05) is 30.3 Å². The van der Waals surface area contributed by atoms with E-state index in [-0.39, 0.29) is 5.91 Å². The van der Waals surface area contributed by atoms with Crippen LogP contribution >= 0.6 is 0 Å². The number of aromatic nitrogens is 2. The average Bonchev–Trinajstić information content (AvgIpc) is 3.00. The Morgan fingerprint density at radius 1 is 1.17 bits per heavy atom. The lowest BCUT2D eigenvalue weighted by molar-refractivity contribution is -0.114. The summed E-state index contributed by atoms with van der Waals surface area (Å²) in [5.74, 6) is 1.28. The molecule has 2 aromatic rings. The Labute approximate surface area is 135 Å². The molecular weight excluding hydrogens is 290 g/mol. The van der Waals surface area contributed by atoms with Crippen LogP contribution < -0.4 is 16.0 Å². The highest BCUT2D eigenvalue weighted by Gasteiger charge is 2.15. The van der Waals surface area contributed by atoms with Crippen molar-refractivity contribution in [3.63, 3.8) is 0 Å². The maximum Gasteiger partial charge on any atom is 0.229 e. The van der Waals surface area contributed by atoms with Crippen LogP contribution in [0.25, 0.3) is 0 Å². The molecule has 1 aliphatic carbocycles. The number of anilines is 4. The van der Waals surface area contributed by atoms with Gasteiger partial charge in [0.25, 0.3) is 0 Å². The second-order valence-corrected chi connectivity index (χ2v) is 5.78. The zero-order valence-corrected chi connectivity index (χ0v) is 13.2. The van der Waals surface area contributed by atoms with Gasteiger partial charge in [-0.2, -0.15) is 4.98 Å². The SMILES string of the molecule is CC(=O)Nc1cccc(Nc2nccc(NC3CCCC3)n2)c1. The third kappa shape index (κ3) is 4.42. The van der Waals surface area contributed by atoms with Crippen LogP contribution in [0.3, 0.4) is 0 Å². The second kappa shape index (κ2) is 7.09. The van der Waals surface area contributed by atoms with Crippen LogP contribution in [0.1, 0.15) is 32.6 Å². The topological polar surface area (TPSA) is 78.9 Å². The van der Waals surface area contributed by atoms with Crippen molar-refractivity contribution in [3.05, 3.63) is 36.5 Å². The predicted molar refractivity (Wildman–Crippen MR) is 91.9 cm³/mol. The first-order valence-electron chi connectivity index (χ1n) is 7.93. The molecular formula is C17H21N5O. The van der Waals surface area contributed by atoms with E-state index >= 15 is 0 Å². The van der Waals surface area contributed by atoms with Crippen molar-refractivity contribution in [2.24, 2.45) is 0 Å². The minimum absolute atomic E-state index is 0.0961. The smallest absolute Gasteiger partial charge is 0.229 e. The summed E-state index contributed by atoms with van der Waals surface area (Å²) in [5.41, 5.74) is 1.57. The van der Waals surface area contributed by atoms with Gasteiger partial charge in [0, 0.05) is 30.5 Å². The molecule has 6 nitrogen and oxygen atoms in total. The van der Waals surface area contributed by atoms with E-state index in [2.05, 4.69) is 25.9 Å². The van der Waals surface area contributed by atoms with E-state index < -0.39 is 0 Å². The van der Waals surface area contributed by atoms with E-state index in [1.165, 1.54) is 32.6 Å². The lowest BCUT2D eigenvalue weighted by atomic mass is 10.2. The third-order valence-corrected chi connectivity index (χ3v) is 3.80. The summed E-state index contributed by atoms with van der Waals surface area (Å²) in [6.45, 7) is 1.49. The molecule has 1 aromatic heterocycles. The monoisotopic (exact) mass is 311 g/mol. The standard InChI is InChI=1S/C17H21N5O/c1-12(23)19-14-7-4-8-15(11-14)21-17-18-10-9-16(22-17)20-13-5-2-3-6-13/h4,7-11,13H,2-3,5-6H2,1H3,(H,19,23)(H2,18,20,21,22). The first kappa shape index (κ1) is 15.3. The Morgan fingerprint density at radius 2 is 1.96 bits per heavy atom. The summed E-state index contributed by atoms with van der Waals surface area (Å²) in [6.07, 6.45) is 6.70. The molecule has 1 amide bonds. The zero-order chi connectivity index (χ0) is 16.1. The first-order chi connectivity index (χ1) is 11.2. The highest BCUT2D eigenvalue weighted by molar-refractivity contribution is 5.89. The summed E-state index contributed by atoms with van der Waals surface area (Å²) in [4.78, 5) is 19.9. The average molecular weight is 311 g/mol. The number of nitrogens with zero attached hydrogens (tertiary/aromatic N) is 2.